The molecule has 2 atom stereocenters. The number of allylic oxidation sites excluding steroid dienone is 3. The molecule has 0 saturated carbocycles. The van der Waals surface area contributed by atoms with Gasteiger partial charge in [-0.15, -0.1) is 6.58 Å². The van der Waals surface area contributed by atoms with Crippen molar-refractivity contribution in [2.75, 3.05) is 0 Å². The van der Waals surface area contributed by atoms with Crippen molar-refractivity contribution in [1.82, 2.24) is 0 Å². The van der Waals surface area contributed by atoms with E-state index in [4.69, 9.17) is 0 Å². The van der Waals surface area contributed by atoms with Gasteiger partial charge in [-0.3, -0.25) is 0 Å². The Morgan fingerprint density at radius 2 is 1.45 bits per heavy atom. The molecule has 0 aromatic carbocycles. The van der Waals surface area contributed by atoms with Crippen molar-refractivity contribution in [2.24, 2.45) is 11.8 Å². The summed E-state index contributed by atoms with van der Waals surface area (Å²) in [5.41, 5.74) is 2.60. The zero-order valence-electron chi connectivity index (χ0n) is 15.4. The predicted octanol–water partition coefficient (Wildman–Crippen LogP) is 5.92. The lowest BCUT2D eigenvalue weighted by atomic mass is 10.00. The van der Waals surface area contributed by atoms with Crippen LogP contribution in [0.2, 0.25) is 0 Å². The summed E-state index contributed by atoms with van der Waals surface area (Å²) < 4.78 is 0. The van der Waals surface area contributed by atoms with Gasteiger partial charge in [0.15, 0.2) is 0 Å². The van der Waals surface area contributed by atoms with E-state index in [1.54, 1.807) is 0 Å². The van der Waals surface area contributed by atoms with E-state index >= 15 is 0 Å². The molecule has 0 radical (unpaired) electrons. The van der Waals surface area contributed by atoms with E-state index in [9.17, 15) is 9.59 Å². The fourth-order valence-corrected chi connectivity index (χ4v) is 1.97. The molecule has 0 rings (SSSR count). The minimum absolute atomic E-state index is 0.545. The van der Waals surface area contributed by atoms with Crippen molar-refractivity contribution in [3.05, 3.63) is 23.8 Å². The molecule has 0 fully saturated rings. The molecule has 2 nitrogen and oxygen atoms in total. The van der Waals surface area contributed by atoms with Crippen molar-refractivity contribution >= 4 is 12.6 Å². The van der Waals surface area contributed by atoms with Gasteiger partial charge in [0.05, 0.1) is 0 Å². The van der Waals surface area contributed by atoms with Gasteiger partial charge in [0.2, 0.25) is 0 Å². The van der Waals surface area contributed by atoms with Crippen LogP contribution >= 0.6 is 0 Å². The quantitative estimate of drug-likeness (QED) is 0.351. The van der Waals surface area contributed by atoms with Crippen molar-refractivity contribution in [2.45, 2.75) is 79.6 Å². The maximum atomic E-state index is 10.1. The van der Waals surface area contributed by atoms with Crippen LogP contribution < -0.4 is 0 Å². The third-order valence-electron chi connectivity index (χ3n) is 3.51. The number of carbonyl (C=O) groups is 2. The first kappa shape index (κ1) is 23.1. The Kier molecular flexibility index (Phi) is 17.0. The molecule has 0 spiro atoms. The van der Waals surface area contributed by atoms with Crippen LogP contribution in [0.15, 0.2) is 23.8 Å². The number of hydrogen-bond acceptors (Lipinski definition) is 2. The summed E-state index contributed by atoms with van der Waals surface area (Å²) in [6.07, 6.45) is 11.3. The highest BCUT2D eigenvalue weighted by molar-refractivity contribution is 5.49. The molecular formula is C20H36O2. The number of carbonyl (C=O) groups excluding carboxylic acids is 2. The Balaban J connectivity index is 0. The monoisotopic (exact) mass is 308 g/mol. The lowest BCUT2D eigenvalue weighted by Crippen LogP contribution is -1.95. The van der Waals surface area contributed by atoms with Crippen LogP contribution in [0.4, 0.5) is 0 Å². The lowest BCUT2D eigenvalue weighted by Gasteiger charge is -2.05. The molecule has 0 N–H and O–H groups in total. The standard InChI is InChI=1S/2C10H18O/c2*1-9(2)5-4-6-10(3)7-8-11/h5,8,10H,4,6-7H2,1-3H3;8,10H,1,4-7H2,2-3H3. The van der Waals surface area contributed by atoms with Gasteiger partial charge in [-0.2, -0.15) is 0 Å². The van der Waals surface area contributed by atoms with Gasteiger partial charge >= 0.3 is 0 Å². The molecule has 0 heterocycles. The molecule has 22 heavy (non-hydrogen) atoms. The van der Waals surface area contributed by atoms with E-state index in [2.05, 4.69) is 40.3 Å². The van der Waals surface area contributed by atoms with Crippen molar-refractivity contribution in [3.63, 3.8) is 0 Å². The second-order valence-electron chi connectivity index (χ2n) is 6.72. The van der Waals surface area contributed by atoms with Crippen molar-refractivity contribution < 1.29 is 9.59 Å². The van der Waals surface area contributed by atoms with Crippen LogP contribution in [0.3, 0.4) is 0 Å². The zero-order valence-corrected chi connectivity index (χ0v) is 15.4. The summed E-state index contributed by atoms with van der Waals surface area (Å²) >= 11 is 0. The fourth-order valence-electron chi connectivity index (χ4n) is 1.97. The van der Waals surface area contributed by atoms with Gasteiger partial charge in [0.25, 0.3) is 0 Å². The Labute approximate surface area is 138 Å². The Bertz CT molecular complexity index is 325. The van der Waals surface area contributed by atoms with Crippen molar-refractivity contribution in [3.8, 4) is 0 Å². The van der Waals surface area contributed by atoms with E-state index in [-0.39, 0.29) is 0 Å². The van der Waals surface area contributed by atoms with Gasteiger partial charge in [0.1, 0.15) is 12.6 Å². The molecule has 0 aromatic heterocycles. The second-order valence-corrected chi connectivity index (χ2v) is 6.72. The highest BCUT2D eigenvalue weighted by Gasteiger charge is 2.00. The summed E-state index contributed by atoms with van der Waals surface area (Å²) in [6.45, 7) is 14.3. The Hall–Kier alpha value is -1.18. The molecule has 0 aliphatic heterocycles. The van der Waals surface area contributed by atoms with Crippen LogP contribution in [0.1, 0.15) is 79.6 Å². The van der Waals surface area contributed by atoms with Crippen LogP contribution in [0, 0.1) is 11.8 Å². The van der Waals surface area contributed by atoms with E-state index in [0.717, 1.165) is 38.3 Å². The Morgan fingerprint density at radius 1 is 0.955 bits per heavy atom. The molecule has 0 saturated heterocycles. The first-order valence-electron chi connectivity index (χ1n) is 8.48. The highest BCUT2D eigenvalue weighted by atomic mass is 16.1. The van der Waals surface area contributed by atoms with Gasteiger partial charge in [-0.1, -0.05) is 31.1 Å². The van der Waals surface area contributed by atoms with Gasteiger partial charge in [0, 0.05) is 12.8 Å². The summed E-state index contributed by atoms with van der Waals surface area (Å²) in [6, 6.07) is 0. The molecule has 2 heteroatoms. The van der Waals surface area contributed by atoms with Crippen molar-refractivity contribution in [1.29, 1.82) is 0 Å². The number of hydrogen-bond donors (Lipinski definition) is 0. The number of aldehydes is 2. The van der Waals surface area contributed by atoms with Crippen LogP contribution in [-0.2, 0) is 9.59 Å². The van der Waals surface area contributed by atoms with Gasteiger partial charge in [-0.05, 0) is 64.7 Å². The van der Waals surface area contributed by atoms with E-state index < -0.39 is 0 Å². The molecule has 0 bridgehead atoms. The van der Waals surface area contributed by atoms with Gasteiger partial charge < -0.3 is 9.59 Å². The van der Waals surface area contributed by atoms with Gasteiger partial charge in [-0.25, -0.2) is 0 Å². The summed E-state index contributed by atoms with van der Waals surface area (Å²) in [5, 5.41) is 0. The van der Waals surface area contributed by atoms with E-state index in [1.165, 1.54) is 17.6 Å². The number of rotatable bonds is 11. The summed E-state index contributed by atoms with van der Waals surface area (Å²) in [5.74, 6) is 1.09. The lowest BCUT2D eigenvalue weighted by molar-refractivity contribution is -0.109. The third-order valence-corrected chi connectivity index (χ3v) is 3.51. The fraction of sp³-hybridized carbons (Fsp3) is 0.700. The molecular weight excluding hydrogens is 272 g/mol. The summed E-state index contributed by atoms with van der Waals surface area (Å²) in [4.78, 5) is 20.2. The first-order chi connectivity index (χ1) is 10.3. The molecule has 0 amide bonds. The zero-order chi connectivity index (χ0) is 17.4. The maximum absolute atomic E-state index is 10.1. The average molecular weight is 309 g/mol. The SMILES string of the molecule is C=C(C)CCCC(C)CC=O.CC(C)=CCCC(C)CC=O. The highest BCUT2D eigenvalue weighted by Crippen LogP contribution is 2.12. The van der Waals surface area contributed by atoms with Crippen LogP contribution in [0.25, 0.3) is 0 Å². The minimum Gasteiger partial charge on any atom is -0.303 e. The second kappa shape index (κ2) is 16.2. The van der Waals surface area contributed by atoms with Crippen LogP contribution in [0.5, 0.6) is 0 Å². The largest absolute Gasteiger partial charge is 0.303 e. The third kappa shape index (κ3) is 21.1. The molecule has 0 aromatic rings. The predicted molar refractivity (Wildman–Crippen MR) is 97.0 cm³/mol. The average Bonchev–Trinajstić information content (AvgIpc) is 2.39. The molecule has 0 aliphatic rings. The topological polar surface area (TPSA) is 34.1 Å². The molecule has 128 valence electrons. The molecule has 0 aliphatic carbocycles. The minimum atomic E-state index is 0.545. The molecule has 2 unspecified atom stereocenters. The Morgan fingerprint density at radius 3 is 1.86 bits per heavy atom. The summed E-state index contributed by atoms with van der Waals surface area (Å²) in [7, 11) is 0. The normalized spacial score (nSPS) is 12.4. The maximum Gasteiger partial charge on any atom is 0.120 e. The van der Waals surface area contributed by atoms with E-state index in [1.807, 2.05) is 6.92 Å². The van der Waals surface area contributed by atoms with E-state index in [0.29, 0.717) is 24.7 Å². The smallest absolute Gasteiger partial charge is 0.120 e. The van der Waals surface area contributed by atoms with Crippen LogP contribution in [-0.4, -0.2) is 12.6 Å². The first-order valence-corrected chi connectivity index (χ1v) is 8.48.